The van der Waals surface area contributed by atoms with Crippen LogP contribution in [0.5, 0.6) is 5.75 Å². The van der Waals surface area contributed by atoms with Crippen LogP contribution in [0.4, 0.5) is 5.69 Å². The maximum absolute atomic E-state index is 13.6. The normalized spacial score (nSPS) is 17.8. The summed E-state index contributed by atoms with van der Waals surface area (Å²) in [6.07, 6.45) is 0.778. The van der Waals surface area contributed by atoms with E-state index in [9.17, 15) is 9.59 Å². The van der Waals surface area contributed by atoms with Crippen LogP contribution in [0.15, 0.2) is 72.8 Å². The molecule has 1 aliphatic rings. The number of methoxy groups -OCH3 is 2. The molecule has 4 rings (SSSR count). The largest absolute Gasteiger partial charge is 0.496 e. The molecule has 6 heteroatoms. The maximum Gasteiger partial charge on any atom is 0.227 e. The molecule has 2 atom stereocenters. The number of ether oxygens (including phenoxy) is 2. The second-order valence-corrected chi connectivity index (χ2v) is 8.90. The van der Waals surface area contributed by atoms with Crippen molar-refractivity contribution in [1.82, 2.24) is 5.32 Å². The molecule has 0 saturated carbocycles. The second kappa shape index (κ2) is 11.2. The van der Waals surface area contributed by atoms with Crippen molar-refractivity contribution in [3.8, 4) is 5.75 Å². The monoisotopic (exact) mass is 472 g/mol. The summed E-state index contributed by atoms with van der Waals surface area (Å²) < 4.78 is 10.9. The van der Waals surface area contributed by atoms with Crippen molar-refractivity contribution in [2.75, 3.05) is 19.1 Å². The van der Waals surface area contributed by atoms with Gasteiger partial charge in [0.2, 0.25) is 11.8 Å². The quantitative estimate of drug-likeness (QED) is 0.504. The van der Waals surface area contributed by atoms with Crippen molar-refractivity contribution in [3.05, 3.63) is 95.1 Å². The molecule has 6 nitrogen and oxygen atoms in total. The Hall–Kier alpha value is -3.64. The average Bonchev–Trinajstić information content (AvgIpc) is 2.88. The Balaban J connectivity index is 1.66. The molecule has 1 heterocycles. The van der Waals surface area contributed by atoms with Gasteiger partial charge in [-0.3, -0.25) is 9.59 Å². The number of carbonyl (C=O) groups excluding carboxylic acids is 2. The van der Waals surface area contributed by atoms with Crippen LogP contribution in [0.25, 0.3) is 0 Å². The molecule has 0 bridgehead atoms. The molecule has 2 unspecified atom stereocenters. The van der Waals surface area contributed by atoms with Crippen LogP contribution in [0, 0.1) is 12.8 Å². The van der Waals surface area contributed by atoms with E-state index in [0.29, 0.717) is 31.7 Å². The van der Waals surface area contributed by atoms with Gasteiger partial charge in [0.1, 0.15) is 5.75 Å². The summed E-state index contributed by atoms with van der Waals surface area (Å²) in [7, 11) is 3.28. The van der Waals surface area contributed by atoms with Gasteiger partial charge in [0.25, 0.3) is 0 Å². The third-order valence-electron chi connectivity index (χ3n) is 6.47. The molecule has 3 aromatic carbocycles. The third-order valence-corrected chi connectivity index (χ3v) is 6.47. The summed E-state index contributed by atoms with van der Waals surface area (Å²) in [6.45, 7) is 2.94. The van der Waals surface area contributed by atoms with Gasteiger partial charge in [-0.2, -0.15) is 0 Å². The summed E-state index contributed by atoms with van der Waals surface area (Å²) in [4.78, 5) is 28.6. The summed E-state index contributed by atoms with van der Waals surface area (Å²) in [5.74, 6) is 0.158. The van der Waals surface area contributed by atoms with E-state index in [2.05, 4.69) is 5.32 Å². The Morgan fingerprint density at radius 3 is 2.49 bits per heavy atom. The van der Waals surface area contributed by atoms with Crippen LogP contribution in [-0.4, -0.2) is 26.0 Å². The molecule has 0 radical (unpaired) electrons. The van der Waals surface area contributed by atoms with Crippen LogP contribution in [0.3, 0.4) is 0 Å². The fourth-order valence-corrected chi connectivity index (χ4v) is 4.76. The molecule has 1 N–H and O–H groups in total. The van der Waals surface area contributed by atoms with Gasteiger partial charge in [-0.05, 0) is 42.7 Å². The van der Waals surface area contributed by atoms with Crippen LogP contribution in [-0.2, 0) is 27.5 Å². The van der Waals surface area contributed by atoms with Gasteiger partial charge < -0.3 is 19.7 Å². The molecule has 0 spiro atoms. The molecule has 182 valence electrons. The molecule has 35 heavy (non-hydrogen) atoms. The van der Waals surface area contributed by atoms with E-state index in [1.807, 2.05) is 79.7 Å². The van der Waals surface area contributed by atoms with Crippen molar-refractivity contribution in [2.24, 2.45) is 5.92 Å². The van der Waals surface area contributed by atoms with Crippen LogP contribution < -0.4 is 15.0 Å². The van der Waals surface area contributed by atoms with Gasteiger partial charge in [-0.1, -0.05) is 60.2 Å². The van der Waals surface area contributed by atoms with E-state index in [4.69, 9.17) is 9.47 Å². The maximum atomic E-state index is 13.6. The number of nitrogens with zero attached hydrogens (tertiary/aromatic N) is 1. The number of hydrogen-bond donors (Lipinski definition) is 1. The highest BCUT2D eigenvalue weighted by Gasteiger charge is 2.42. The van der Waals surface area contributed by atoms with E-state index < -0.39 is 12.0 Å². The van der Waals surface area contributed by atoms with Crippen molar-refractivity contribution in [3.63, 3.8) is 0 Å². The highest BCUT2D eigenvalue weighted by Crippen LogP contribution is 2.43. The Morgan fingerprint density at radius 1 is 1.00 bits per heavy atom. The lowest BCUT2D eigenvalue weighted by atomic mass is 9.82. The number of aryl methyl sites for hydroxylation is 1. The van der Waals surface area contributed by atoms with E-state index in [1.165, 1.54) is 0 Å². The van der Waals surface area contributed by atoms with Crippen molar-refractivity contribution in [1.29, 1.82) is 0 Å². The Morgan fingerprint density at radius 2 is 1.74 bits per heavy atom. The fourth-order valence-electron chi connectivity index (χ4n) is 4.76. The van der Waals surface area contributed by atoms with Gasteiger partial charge in [0.15, 0.2) is 0 Å². The first-order valence-corrected chi connectivity index (χ1v) is 11.9. The second-order valence-electron chi connectivity index (χ2n) is 8.90. The lowest BCUT2D eigenvalue weighted by Gasteiger charge is -2.41. The smallest absolute Gasteiger partial charge is 0.227 e. The van der Waals surface area contributed by atoms with E-state index in [-0.39, 0.29) is 11.8 Å². The zero-order valence-corrected chi connectivity index (χ0v) is 20.5. The molecule has 3 aromatic rings. The van der Waals surface area contributed by atoms with Crippen LogP contribution >= 0.6 is 0 Å². The minimum Gasteiger partial charge on any atom is -0.496 e. The van der Waals surface area contributed by atoms with Crippen molar-refractivity contribution < 1.29 is 19.1 Å². The lowest BCUT2D eigenvalue weighted by Crippen LogP contribution is -2.48. The SMILES string of the molecule is COCc1cccc(CNC(=O)C2CCC(=O)N(c3ccc(C)cc3)C2c2ccccc2OC)c1. The number of rotatable bonds is 8. The van der Waals surface area contributed by atoms with E-state index >= 15 is 0 Å². The third kappa shape index (κ3) is 5.54. The van der Waals surface area contributed by atoms with Crippen LogP contribution in [0.1, 0.15) is 41.1 Å². The Labute approximate surface area is 206 Å². The van der Waals surface area contributed by atoms with Gasteiger partial charge in [-0.15, -0.1) is 0 Å². The summed E-state index contributed by atoms with van der Waals surface area (Å²) in [5, 5.41) is 3.11. The summed E-state index contributed by atoms with van der Waals surface area (Å²) in [5.41, 5.74) is 4.77. The number of nitrogens with one attached hydrogen (secondary N) is 1. The van der Waals surface area contributed by atoms with E-state index in [0.717, 1.165) is 27.9 Å². The number of carbonyl (C=O) groups is 2. The highest BCUT2D eigenvalue weighted by molar-refractivity contribution is 5.97. The highest BCUT2D eigenvalue weighted by atomic mass is 16.5. The fraction of sp³-hybridized carbons (Fsp3) is 0.310. The molecule has 0 aliphatic carbocycles. The first-order valence-electron chi connectivity index (χ1n) is 11.9. The number of anilines is 1. The van der Waals surface area contributed by atoms with E-state index in [1.54, 1.807) is 19.1 Å². The van der Waals surface area contributed by atoms with Crippen LogP contribution in [0.2, 0.25) is 0 Å². The van der Waals surface area contributed by atoms with Crippen molar-refractivity contribution in [2.45, 2.75) is 39.0 Å². The first kappa shape index (κ1) is 24.5. The Bertz CT molecular complexity index is 1180. The van der Waals surface area contributed by atoms with Gasteiger partial charge in [0, 0.05) is 31.3 Å². The van der Waals surface area contributed by atoms with Crippen molar-refractivity contribution >= 4 is 17.5 Å². The standard InChI is InChI=1S/C29H32N2O4/c1-20-11-13-23(14-12-20)31-27(32)16-15-25(28(31)24-9-4-5-10-26(24)35-3)29(33)30-18-21-7-6-8-22(17-21)19-34-2/h4-14,17,25,28H,15-16,18-19H2,1-3H3,(H,30,33). The molecule has 1 saturated heterocycles. The number of piperidine rings is 1. The zero-order valence-electron chi connectivity index (χ0n) is 20.5. The molecule has 1 fully saturated rings. The first-order chi connectivity index (χ1) is 17.0. The number of benzene rings is 3. The number of hydrogen-bond acceptors (Lipinski definition) is 4. The lowest BCUT2D eigenvalue weighted by molar-refractivity contribution is -0.129. The minimum atomic E-state index is -0.477. The molecule has 0 aromatic heterocycles. The molecule has 2 amide bonds. The predicted octanol–water partition coefficient (Wildman–Crippen LogP) is 4.95. The topological polar surface area (TPSA) is 67.9 Å². The molecule has 1 aliphatic heterocycles. The number of amides is 2. The average molecular weight is 473 g/mol. The summed E-state index contributed by atoms with van der Waals surface area (Å²) >= 11 is 0. The summed E-state index contributed by atoms with van der Waals surface area (Å²) in [6, 6.07) is 23.0. The van der Waals surface area contributed by atoms with Gasteiger partial charge in [0.05, 0.1) is 25.7 Å². The number of para-hydroxylation sites is 1. The predicted molar refractivity (Wildman–Crippen MR) is 136 cm³/mol. The molecular weight excluding hydrogens is 440 g/mol. The zero-order chi connectivity index (χ0) is 24.8. The van der Waals surface area contributed by atoms with Gasteiger partial charge >= 0.3 is 0 Å². The van der Waals surface area contributed by atoms with Gasteiger partial charge in [-0.25, -0.2) is 0 Å². The Kier molecular flexibility index (Phi) is 7.83. The minimum absolute atomic E-state index is 0.000996. The molecular formula is C29H32N2O4.